The molecular weight excluding hydrogens is 432 g/mol. The number of para-hydroxylation sites is 1. The second kappa shape index (κ2) is 9.20. The summed E-state index contributed by atoms with van der Waals surface area (Å²) >= 11 is 1.72. The topological polar surface area (TPSA) is 59.5 Å². The quantitative estimate of drug-likeness (QED) is 0.559. The van der Waals surface area contributed by atoms with Crippen LogP contribution in [0.4, 0.5) is 5.82 Å². The molecule has 1 aromatic carbocycles. The second-order valence-corrected chi connectivity index (χ2v) is 10.8. The van der Waals surface area contributed by atoms with E-state index in [0.29, 0.717) is 6.04 Å². The molecule has 1 aliphatic carbocycles. The summed E-state index contributed by atoms with van der Waals surface area (Å²) in [5.41, 5.74) is 1.89. The Hall–Kier alpha value is -2.22. The molecule has 6 rings (SSSR count). The molecule has 4 heterocycles. The van der Waals surface area contributed by atoms with E-state index < -0.39 is 0 Å². The summed E-state index contributed by atoms with van der Waals surface area (Å²) in [7, 11) is 1.70. The number of hydrogen-bond acceptors (Lipinski definition) is 7. The fraction of sp³-hybridized carbons (Fsp3) is 0.538. The van der Waals surface area contributed by atoms with Crippen LogP contribution in [0.5, 0.6) is 5.75 Å². The predicted octanol–water partition coefficient (Wildman–Crippen LogP) is 4.92. The summed E-state index contributed by atoms with van der Waals surface area (Å²) in [4.78, 5) is 2.72. The fourth-order valence-electron chi connectivity index (χ4n) is 6.15. The molecule has 7 heteroatoms. The van der Waals surface area contributed by atoms with E-state index in [-0.39, 0.29) is 0 Å². The molecule has 0 spiro atoms. The molecule has 2 saturated heterocycles. The highest BCUT2D eigenvalue weighted by Gasteiger charge is 2.41. The van der Waals surface area contributed by atoms with Crippen LogP contribution < -0.4 is 10.1 Å². The number of ether oxygens (including phenoxy) is 2. The molecule has 0 amide bonds. The van der Waals surface area contributed by atoms with E-state index in [1.807, 2.05) is 18.2 Å². The molecule has 2 aliphatic heterocycles. The van der Waals surface area contributed by atoms with Gasteiger partial charge in [-0.25, -0.2) is 0 Å². The average molecular weight is 465 g/mol. The van der Waals surface area contributed by atoms with Crippen molar-refractivity contribution in [1.29, 1.82) is 0 Å². The molecule has 1 N–H and O–H groups in total. The molecule has 3 atom stereocenters. The minimum Gasteiger partial charge on any atom is -0.496 e. The standard InChI is InChI=1S/C26H32N4O2S/c1-31-23-5-3-2-4-21(23)24-25-22(8-11-33-25)26(29-28-24)27-20-12-18-15-30(16-19(18)13-20)14-17-6-9-32-10-7-17/h2-5,8,11,17-20H,6-7,9-10,12-16H2,1H3,(H,27,29)/t18-,19+,20?. The lowest BCUT2D eigenvalue weighted by molar-refractivity contribution is 0.0545. The van der Waals surface area contributed by atoms with Crippen LogP contribution in [-0.4, -0.2) is 61.1 Å². The molecule has 33 heavy (non-hydrogen) atoms. The molecule has 3 aliphatic rings. The Morgan fingerprint density at radius 3 is 2.67 bits per heavy atom. The number of hydrogen-bond donors (Lipinski definition) is 1. The third-order valence-electron chi connectivity index (χ3n) is 7.77. The van der Waals surface area contributed by atoms with Crippen molar-refractivity contribution < 1.29 is 9.47 Å². The van der Waals surface area contributed by atoms with Crippen molar-refractivity contribution in [2.75, 3.05) is 45.3 Å². The van der Waals surface area contributed by atoms with Gasteiger partial charge in [0, 0.05) is 49.8 Å². The van der Waals surface area contributed by atoms with Gasteiger partial charge in [-0.3, -0.25) is 0 Å². The van der Waals surface area contributed by atoms with E-state index in [1.165, 1.54) is 45.3 Å². The van der Waals surface area contributed by atoms with E-state index in [1.54, 1.807) is 18.4 Å². The molecule has 1 unspecified atom stereocenters. The van der Waals surface area contributed by atoms with E-state index in [4.69, 9.17) is 9.47 Å². The zero-order chi connectivity index (χ0) is 22.2. The summed E-state index contributed by atoms with van der Waals surface area (Å²) < 4.78 is 12.3. The lowest BCUT2D eigenvalue weighted by atomic mass is 10.00. The maximum absolute atomic E-state index is 5.57. The van der Waals surface area contributed by atoms with Crippen LogP contribution in [-0.2, 0) is 4.74 Å². The van der Waals surface area contributed by atoms with Gasteiger partial charge in [0.05, 0.1) is 11.8 Å². The minimum absolute atomic E-state index is 0.486. The summed E-state index contributed by atoms with van der Waals surface area (Å²) in [6, 6.07) is 10.7. The van der Waals surface area contributed by atoms with Crippen LogP contribution in [0.15, 0.2) is 35.7 Å². The monoisotopic (exact) mass is 464 g/mol. The Balaban J connectivity index is 1.14. The minimum atomic E-state index is 0.486. The predicted molar refractivity (Wildman–Crippen MR) is 133 cm³/mol. The number of nitrogens with one attached hydrogen (secondary N) is 1. The molecule has 6 nitrogen and oxygen atoms in total. The van der Waals surface area contributed by atoms with Gasteiger partial charge in [0.15, 0.2) is 5.82 Å². The first-order valence-electron chi connectivity index (χ1n) is 12.2. The van der Waals surface area contributed by atoms with Gasteiger partial charge < -0.3 is 19.7 Å². The first-order valence-corrected chi connectivity index (χ1v) is 13.1. The number of anilines is 1. The Kier molecular flexibility index (Phi) is 5.94. The van der Waals surface area contributed by atoms with Gasteiger partial charge in [-0.05, 0) is 67.0 Å². The molecule has 0 bridgehead atoms. The van der Waals surface area contributed by atoms with Crippen molar-refractivity contribution in [2.45, 2.75) is 31.7 Å². The van der Waals surface area contributed by atoms with Crippen LogP contribution >= 0.6 is 11.3 Å². The van der Waals surface area contributed by atoms with Gasteiger partial charge in [-0.15, -0.1) is 21.5 Å². The van der Waals surface area contributed by atoms with E-state index >= 15 is 0 Å². The highest BCUT2D eigenvalue weighted by atomic mass is 32.1. The molecule has 3 fully saturated rings. The summed E-state index contributed by atoms with van der Waals surface area (Å²) in [6.07, 6.45) is 4.93. The van der Waals surface area contributed by atoms with Crippen molar-refractivity contribution >= 4 is 27.2 Å². The SMILES string of the molecule is COc1ccccc1-c1nnc(NC2C[C@@H]3CN(CC4CCOCC4)C[C@@H]3C2)c2ccsc12. The number of benzene rings is 1. The van der Waals surface area contributed by atoms with E-state index in [0.717, 1.165) is 63.9 Å². The van der Waals surface area contributed by atoms with Gasteiger partial charge in [0.25, 0.3) is 0 Å². The van der Waals surface area contributed by atoms with Gasteiger partial charge in [0.1, 0.15) is 11.4 Å². The Bertz CT molecular complexity index is 1100. The van der Waals surface area contributed by atoms with Crippen molar-refractivity contribution in [3.63, 3.8) is 0 Å². The van der Waals surface area contributed by atoms with Crippen LogP contribution in [0.2, 0.25) is 0 Å². The zero-order valence-electron chi connectivity index (χ0n) is 19.2. The number of likely N-dealkylation sites (tertiary alicyclic amines) is 1. The Morgan fingerprint density at radius 2 is 1.88 bits per heavy atom. The molecular formula is C26H32N4O2S. The van der Waals surface area contributed by atoms with Crippen molar-refractivity contribution in [3.05, 3.63) is 35.7 Å². The number of methoxy groups -OCH3 is 1. The lowest BCUT2D eigenvalue weighted by Gasteiger charge is -2.27. The lowest BCUT2D eigenvalue weighted by Crippen LogP contribution is -2.32. The maximum atomic E-state index is 5.57. The smallest absolute Gasteiger partial charge is 0.157 e. The zero-order valence-corrected chi connectivity index (χ0v) is 20.0. The molecule has 2 aromatic heterocycles. The second-order valence-electron chi connectivity index (χ2n) is 9.87. The fourth-order valence-corrected chi connectivity index (χ4v) is 7.05. The summed E-state index contributed by atoms with van der Waals surface area (Å²) in [5, 5.41) is 16.4. The first kappa shape index (κ1) is 21.3. The molecule has 174 valence electrons. The normalized spacial score (nSPS) is 26.0. The van der Waals surface area contributed by atoms with Gasteiger partial charge in [-0.1, -0.05) is 12.1 Å². The van der Waals surface area contributed by atoms with Crippen LogP contribution in [0.3, 0.4) is 0 Å². The van der Waals surface area contributed by atoms with E-state index in [2.05, 4.69) is 37.9 Å². The number of thiophene rings is 1. The van der Waals surface area contributed by atoms with Crippen molar-refractivity contribution in [3.8, 4) is 17.0 Å². The third-order valence-corrected chi connectivity index (χ3v) is 8.69. The molecule has 3 aromatic rings. The Morgan fingerprint density at radius 1 is 1.09 bits per heavy atom. The average Bonchev–Trinajstić information content (AvgIpc) is 3.55. The van der Waals surface area contributed by atoms with Gasteiger partial charge in [-0.2, -0.15) is 0 Å². The van der Waals surface area contributed by atoms with Crippen LogP contribution in [0, 0.1) is 17.8 Å². The number of rotatable bonds is 6. The van der Waals surface area contributed by atoms with E-state index in [9.17, 15) is 0 Å². The number of fused-ring (bicyclic) bond motifs is 2. The number of nitrogens with zero attached hydrogens (tertiary/aromatic N) is 3. The third kappa shape index (κ3) is 4.22. The van der Waals surface area contributed by atoms with Crippen molar-refractivity contribution in [2.24, 2.45) is 17.8 Å². The highest BCUT2D eigenvalue weighted by Crippen LogP contribution is 2.42. The first-order chi connectivity index (χ1) is 16.3. The highest BCUT2D eigenvalue weighted by molar-refractivity contribution is 7.17. The largest absolute Gasteiger partial charge is 0.496 e. The summed E-state index contributed by atoms with van der Waals surface area (Å²) in [5.74, 6) is 4.20. The molecule has 0 radical (unpaired) electrons. The maximum Gasteiger partial charge on any atom is 0.157 e. The van der Waals surface area contributed by atoms with Gasteiger partial charge >= 0.3 is 0 Å². The van der Waals surface area contributed by atoms with Crippen LogP contribution in [0.25, 0.3) is 21.3 Å². The van der Waals surface area contributed by atoms with Gasteiger partial charge in [0.2, 0.25) is 0 Å². The Labute approximate surface area is 199 Å². The van der Waals surface area contributed by atoms with Crippen LogP contribution in [0.1, 0.15) is 25.7 Å². The van der Waals surface area contributed by atoms with Crippen molar-refractivity contribution in [1.82, 2.24) is 15.1 Å². The molecule has 1 saturated carbocycles. The summed E-state index contributed by atoms with van der Waals surface area (Å²) in [6.45, 7) is 5.68. The number of aromatic nitrogens is 2.